The molecule has 2 nitrogen and oxygen atoms in total. The molecular formula is C17H23NO. The molecule has 1 saturated carbocycles. The first-order valence-electron chi connectivity index (χ1n) is 7.45. The summed E-state index contributed by atoms with van der Waals surface area (Å²) in [5.74, 6) is 1.83. The Morgan fingerprint density at radius 1 is 1.16 bits per heavy atom. The molecule has 19 heavy (non-hydrogen) atoms. The van der Waals surface area contributed by atoms with Gasteiger partial charge in [0, 0.05) is 5.39 Å². The first-order chi connectivity index (χ1) is 9.28. The second-order valence-electron chi connectivity index (χ2n) is 5.85. The third-order valence-corrected chi connectivity index (χ3v) is 4.43. The van der Waals surface area contributed by atoms with Crippen molar-refractivity contribution >= 4 is 11.0 Å². The van der Waals surface area contributed by atoms with Crippen molar-refractivity contribution in [2.75, 3.05) is 7.05 Å². The number of hydrogen-bond donors (Lipinski definition) is 1. The third-order valence-electron chi connectivity index (χ3n) is 4.43. The van der Waals surface area contributed by atoms with Gasteiger partial charge in [-0.15, -0.1) is 0 Å². The van der Waals surface area contributed by atoms with E-state index in [1.54, 1.807) is 0 Å². The lowest BCUT2D eigenvalue weighted by atomic mass is 9.83. The fourth-order valence-electron chi connectivity index (χ4n) is 3.41. The zero-order valence-electron chi connectivity index (χ0n) is 11.9. The molecule has 1 atom stereocenters. The highest BCUT2D eigenvalue weighted by Crippen LogP contribution is 2.36. The molecule has 1 fully saturated rings. The van der Waals surface area contributed by atoms with Crippen LogP contribution in [0.1, 0.15) is 49.5 Å². The van der Waals surface area contributed by atoms with E-state index in [0.717, 1.165) is 17.3 Å². The van der Waals surface area contributed by atoms with Crippen LogP contribution in [0, 0.1) is 12.8 Å². The number of fused-ring (bicyclic) bond motifs is 1. The Kier molecular flexibility index (Phi) is 3.61. The second-order valence-corrected chi connectivity index (χ2v) is 5.85. The van der Waals surface area contributed by atoms with Gasteiger partial charge in [0.05, 0.1) is 6.04 Å². The van der Waals surface area contributed by atoms with Crippen LogP contribution in [0.4, 0.5) is 0 Å². The molecule has 0 amide bonds. The van der Waals surface area contributed by atoms with Crippen LogP contribution in [0.15, 0.2) is 28.7 Å². The van der Waals surface area contributed by atoms with Gasteiger partial charge in [-0.3, -0.25) is 0 Å². The largest absolute Gasteiger partial charge is 0.459 e. The molecule has 1 unspecified atom stereocenters. The predicted octanol–water partition coefficient (Wildman–Crippen LogP) is 4.58. The van der Waals surface area contributed by atoms with Gasteiger partial charge < -0.3 is 9.73 Å². The lowest BCUT2D eigenvalue weighted by Crippen LogP contribution is -2.26. The normalized spacial score (nSPS) is 18.8. The quantitative estimate of drug-likeness (QED) is 0.870. The van der Waals surface area contributed by atoms with E-state index in [1.807, 2.05) is 0 Å². The Morgan fingerprint density at radius 2 is 1.95 bits per heavy atom. The highest BCUT2D eigenvalue weighted by atomic mass is 16.3. The summed E-state index contributed by atoms with van der Waals surface area (Å²) < 4.78 is 6.07. The summed E-state index contributed by atoms with van der Waals surface area (Å²) in [4.78, 5) is 0. The number of aryl methyl sites for hydroxylation is 1. The summed E-state index contributed by atoms with van der Waals surface area (Å²) in [5.41, 5.74) is 2.30. The van der Waals surface area contributed by atoms with Crippen LogP contribution in [0.5, 0.6) is 0 Å². The Morgan fingerprint density at radius 3 is 2.68 bits per heavy atom. The fourth-order valence-corrected chi connectivity index (χ4v) is 3.41. The van der Waals surface area contributed by atoms with E-state index in [2.05, 4.69) is 43.6 Å². The molecular weight excluding hydrogens is 234 g/mol. The van der Waals surface area contributed by atoms with Crippen LogP contribution >= 0.6 is 0 Å². The van der Waals surface area contributed by atoms with Crippen molar-refractivity contribution in [2.45, 2.75) is 45.1 Å². The van der Waals surface area contributed by atoms with Crippen LogP contribution in [0.2, 0.25) is 0 Å². The maximum absolute atomic E-state index is 6.07. The predicted molar refractivity (Wildman–Crippen MR) is 79.3 cm³/mol. The molecule has 2 aromatic rings. The first-order valence-corrected chi connectivity index (χ1v) is 7.45. The lowest BCUT2D eigenvalue weighted by molar-refractivity contribution is 0.257. The van der Waals surface area contributed by atoms with Crippen LogP contribution < -0.4 is 5.32 Å². The Balaban J connectivity index is 1.91. The van der Waals surface area contributed by atoms with Crippen molar-refractivity contribution in [3.05, 3.63) is 35.6 Å². The Labute approximate surface area is 115 Å². The molecule has 1 aliphatic carbocycles. The number of rotatable bonds is 3. The lowest BCUT2D eigenvalue weighted by Gasteiger charge is -2.28. The highest BCUT2D eigenvalue weighted by molar-refractivity contribution is 5.78. The molecule has 0 aliphatic heterocycles. The molecule has 1 aromatic heterocycles. The second kappa shape index (κ2) is 5.38. The van der Waals surface area contributed by atoms with E-state index >= 15 is 0 Å². The van der Waals surface area contributed by atoms with Crippen molar-refractivity contribution < 1.29 is 4.42 Å². The smallest absolute Gasteiger partial charge is 0.134 e. The minimum absolute atomic E-state index is 0.369. The number of furan rings is 1. The monoisotopic (exact) mass is 257 g/mol. The minimum Gasteiger partial charge on any atom is -0.459 e. The average Bonchev–Trinajstić information content (AvgIpc) is 2.83. The number of nitrogens with one attached hydrogen (secondary N) is 1. The third kappa shape index (κ3) is 2.55. The maximum atomic E-state index is 6.07. The molecule has 0 spiro atoms. The summed E-state index contributed by atoms with van der Waals surface area (Å²) >= 11 is 0. The van der Waals surface area contributed by atoms with E-state index in [4.69, 9.17) is 4.42 Å². The van der Waals surface area contributed by atoms with Gasteiger partial charge in [0.15, 0.2) is 0 Å². The summed E-state index contributed by atoms with van der Waals surface area (Å²) in [5, 5.41) is 4.70. The van der Waals surface area contributed by atoms with E-state index in [1.165, 1.54) is 43.1 Å². The SMILES string of the molecule is CNC(c1cc2cc(C)ccc2o1)C1CCCCC1. The molecule has 1 aliphatic rings. The summed E-state index contributed by atoms with van der Waals surface area (Å²) in [7, 11) is 2.05. The molecule has 3 rings (SSSR count). The van der Waals surface area contributed by atoms with Crippen molar-refractivity contribution in [1.29, 1.82) is 0 Å². The standard InChI is InChI=1S/C17H23NO/c1-12-8-9-15-14(10-12)11-16(19-15)17(18-2)13-6-4-3-5-7-13/h8-11,13,17-18H,3-7H2,1-2H3. The van der Waals surface area contributed by atoms with Gasteiger partial charge in [0.2, 0.25) is 0 Å². The van der Waals surface area contributed by atoms with Crippen LogP contribution in [0.25, 0.3) is 11.0 Å². The van der Waals surface area contributed by atoms with E-state index in [-0.39, 0.29) is 0 Å². The number of benzene rings is 1. The summed E-state index contributed by atoms with van der Waals surface area (Å²) in [6, 6.07) is 8.99. The van der Waals surface area contributed by atoms with Gasteiger partial charge >= 0.3 is 0 Å². The van der Waals surface area contributed by atoms with Gasteiger partial charge in [-0.05, 0) is 50.9 Å². The fraction of sp³-hybridized carbons (Fsp3) is 0.529. The minimum atomic E-state index is 0.369. The molecule has 1 aromatic carbocycles. The molecule has 0 radical (unpaired) electrons. The maximum Gasteiger partial charge on any atom is 0.134 e. The molecule has 1 N–H and O–H groups in total. The van der Waals surface area contributed by atoms with E-state index < -0.39 is 0 Å². The molecule has 102 valence electrons. The summed E-state index contributed by atoms with van der Waals surface area (Å²) in [6.45, 7) is 2.13. The highest BCUT2D eigenvalue weighted by Gasteiger charge is 2.26. The van der Waals surface area contributed by atoms with E-state index in [0.29, 0.717) is 6.04 Å². The van der Waals surface area contributed by atoms with Crippen LogP contribution in [-0.2, 0) is 0 Å². The van der Waals surface area contributed by atoms with Gasteiger partial charge in [0.1, 0.15) is 11.3 Å². The van der Waals surface area contributed by atoms with Crippen molar-refractivity contribution in [3.63, 3.8) is 0 Å². The molecule has 0 bridgehead atoms. The van der Waals surface area contributed by atoms with Crippen molar-refractivity contribution in [3.8, 4) is 0 Å². The summed E-state index contributed by atoms with van der Waals surface area (Å²) in [6.07, 6.45) is 6.76. The van der Waals surface area contributed by atoms with Gasteiger partial charge in [-0.1, -0.05) is 30.9 Å². The van der Waals surface area contributed by atoms with Crippen molar-refractivity contribution in [2.24, 2.45) is 5.92 Å². The molecule has 2 heteroatoms. The van der Waals surface area contributed by atoms with Crippen molar-refractivity contribution in [1.82, 2.24) is 5.32 Å². The average molecular weight is 257 g/mol. The van der Waals surface area contributed by atoms with E-state index in [9.17, 15) is 0 Å². The topological polar surface area (TPSA) is 25.2 Å². The Bertz CT molecular complexity index is 551. The van der Waals surface area contributed by atoms with Gasteiger partial charge in [-0.25, -0.2) is 0 Å². The first kappa shape index (κ1) is 12.7. The van der Waals surface area contributed by atoms with Crippen LogP contribution in [0.3, 0.4) is 0 Å². The Hall–Kier alpha value is -1.28. The van der Waals surface area contributed by atoms with Crippen LogP contribution in [-0.4, -0.2) is 7.05 Å². The van der Waals surface area contributed by atoms with Gasteiger partial charge in [-0.2, -0.15) is 0 Å². The van der Waals surface area contributed by atoms with Gasteiger partial charge in [0.25, 0.3) is 0 Å². The molecule has 0 saturated heterocycles. The zero-order chi connectivity index (χ0) is 13.2. The number of hydrogen-bond acceptors (Lipinski definition) is 2. The zero-order valence-corrected chi connectivity index (χ0v) is 11.9. The molecule has 1 heterocycles.